The van der Waals surface area contributed by atoms with Crippen molar-refractivity contribution >= 4 is 34.8 Å². The van der Waals surface area contributed by atoms with E-state index in [0.717, 1.165) is 16.8 Å². The van der Waals surface area contributed by atoms with Crippen LogP contribution in [0.3, 0.4) is 0 Å². The van der Waals surface area contributed by atoms with Gasteiger partial charge in [0, 0.05) is 0 Å². The molecular weight excluding hydrogens is 435 g/mol. The van der Waals surface area contributed by atoms with Crippen molar-refractivity contribution < 1.29 is 4.79 Å². The quantitative estimate of drug-likeness (QED) is 0.398. The minimum atomic E-state index is -2.76. The molecule has 0 saturated heterocycles. The van der Waals surface area contributed by atoms with Crippen LogP contribution in [0, 0.1) is 25.2 Å². The van der Waals surface area contributed by atoms with E-state index in [9.17, 15) is 10.1 Å². The molecule has 0 aromatic heterocycles. The Hall–Kier alpha value is -3.73. The molecule has 0 aliphatic heterocycles. The van der Waals surface area contributed by atoms with Crippen molar-refractivity contribution in [3.05, 3.63) is 120 Å². The summed E-state index contributed by atoms with van der Waals surface area (Å²) >= 11 is 0. The number of aryl methyl sites for hydroxylation is 2. The molecule has 0 heterocycles. The van der Waals surface area contributed by atoms with E-state index >= 15 is 0 Å². The fraction of sp³-hybridized carbons (Fsp3) is 0.133. The van der Waals surface area contributed by atoms with Gasteiger partial charge in [0.2, 0.25) is 0 Å². The third kappa shape index (κ3) is 4.26. The van der Waals surface area contributed by atoms with Gasteiger partial charge in [0.25, 0.3) is 0 Å². The van der Waals surface area contributed by atoms with Crippen LogP contribution >= 0.6 is 7.26 Å². The summed E-state index contributed by atoms with van der Waals surface area (Å²) in [6.07, 6.45) is 0. The molecule has 0 spiro atoms. The summed E-state index contributed by atoms with van der Waals surface area (Å²) in [7, 11) is -2.76. The Balaban J connectivity index is 1.89. The fourth-order valence-electron chi connectivity index (χ4n) is 5.01. The number of anilines is 1. The van der Waals surface area contributed by atoms with Gasteiger partial charge in [-0.1, -0.05) is 0 Å². The normalized spacial score (nSPS) is 12.4. The molecule has 1 atom stereocenters. The van der Waals surface area contributed by atoms with Gasteiger partial charge in [-0.15, -0.1) is 0 Å². The molecule has 1 N–H and O–H groups in total. The SMILES string of the molecule is Cc1cc(C#N)cc(C)c1NC(=O)C(C)[PH](c1ccccc1)(c1ccccc1)c1ccccc1. The maximum absolute atomic E-state index is 14.0. The van der Waals surface area contributed by atoms with Gasteiger partial charge in [-0.25, -0.2) is 0 Å². The number of amides is 1. The van der Waals surface area contributed by atoms with Gasteiger partial charge in [0.15, 0.2) is 0 Å². The van der Waals surface area contributed by atoms with Crippen LogP contribution in [0.15, 0.2) is 103 Å². The standard InChI is InChI=1S/C30H29N2OP/c1-22-19-25(21-31)20-23(2)29(22)32-30(33)24(3)34(26-13-7-4-8-14-26,27-15-9-5-10-16-27)28-17-11-6-12-18-28/h4-20,24,34H,1-3H3,(H,32,33). The van der Waals surface area contributed by atoms with Crippen LogP contribution in [-0.4, -0.2) is 11.6 Å². The summed E-state index contributed by atoms with van der Waals surface area (Å²) in [5.74, 6) is -0.0147. The van der Waals surface area contributed by atoms with E-state index < -0.39 is 7.26 Å². The number of carbonyl (C=O) groups is 1. The zero-order valence-electron chi connectivity index (χ0n) is 19.7. The van der Waals surface area contributed by atoms with Gasteiger partial charge in [0.05, 0.1) is 0 Å². The van der Waals surface area contributed by atoms with E-state index in [1.807, 2.05) is 44.2 Å². The molecule has 0 fully saturated rings. The second-order valence-electron chi connectivity index (χ2n) is 8.71. The first-order valence-corrected chi connectivity index (χ1v) is 13.5. The Kier molecular flexibility index (Phi) is 6.92. The Labute approximate surface area is 202 Å². The molecule has 0 aliphatic rings. The van der Waals surface area contributed by atoms with E-state index in [1.54, 1.807) is 0 Å². The van der Waals surface area contributed by atoms with Crippen molar-refractivity contribution in [1.82, 2.24) is 0 Å². The average molecular weight is 465 g/mol. The van der Waals surface area contributed by atoms with E-state index in [0.29, 0.717) is 5.56 Å². The first kappa shape index (κ1) is 23.4. The second-order valence-corrected chi connectivity index (χ2v) is 12.9. The Morgan fingerprint density at radius 3 is 1.50 bits per heavy atom. The van der Waals surface area contributed by atoms with Crippen molar-refractivity contribution in [3.63, 3.8) is 0 Å². The molecule has 1 amide bonds. The minimum absolute atomic E-state index is 0.0147. The van der Waals surface area contributed by atoms with Crippen LogP contribution in [0.25, 0.3) is 0 Å². The van der Waals surface area contributed by atoms with Crippen LogP contribution in [0.1, 0.15) is 23.6 Å². The number of hydrogen-bond donors (Lipinski definition) is 1. The maximum atomic E-state index is 14.0. The van der Waals surface area contributed by atoms with Crippen molar-refractivity contribution in [3.8, 4) is 6.07 Å². The first-order valence-electron chi connectivity index (χ1n) is 11.5. The summed E-state index contributed by atoms with van der Waals surface area (Å²) in [5, 5.41) is 16.1. The summed E-state index contributed by atoms with van der Waals surface area (Å²) in [6.45, 7) is 5.93. The summed E-state index contributed by atoms with van der Waals surface area (Å²) in [6, 6.07) is 37.2. The third-order valence-corrected chi connectivity index (χ3v) is 11.9. The zero-order valence-corrected chi connectivity index (χ0v) is 20.7. The number of hydrogen-bond acceptors (Lipinski definition) is 2. The van der Waals surface area contributed by atoms with Gasteiger partial charge in [-0.05, 0) is 0 Å². The predicted octanol–water partition coefficient (Wildman–Crippen LogP) is 5.23. The molecule has 4 aromatic rings. The van der Waals surface area contributed by atoms with Crippen molar-refractivity contribution in [1.29, 1.82) is 5.26 Å². The number of nitriles is 1. The van der Waals surface area contributed by atoms with Crippen molar-refractivity contribution in [2.24, 2.45) is 0 Å². The van der Waals surface area contributed by atoms with Gasteiger partial charge in [0.1, 0.15) is 0 Å². The number of carbonyl (C=O) groups excluding carboxylic acids is 1. The van der Waals surface area contributed by atoms with Gasteiger partial charge < -0.3 is 0 Å². The monoisotopic (exact) mass is 464 g/mol. The molecule has 4 heteroatoms. The summed E-state index contributed by atoms with van der Waals surface area (Å²) in [5.41, 5.74) is 2.87. The molecule has 0 aliphatic carbocycles. The van der Waals surface area contributed by atoms with E-state index in [1.165, 1.54) is 15.9 Å². The number of benzene rings is 4. The molecule has 0 saturated carbocycles. The zero-order chi connectivity index (χ0) is 24.1. The van der Waals surface area contributed by atoms with Crippen LogP contribution in [0.5, 0.6) is 0 Å². The van der Waals surface area contributed by atoms with Gasteiger partial charge >= 0.3 is 202 Å². The van der Waals surface area contributed by atoms with E-state index in [-0.39, 0.29) is 11.6 Å². The molecule has 3 nitrogen and oxygen atoms in total. The topological polar surface area (TPSA) is 52.9 Å². The Morgan fingerprint density at radius 1 is 0.765 bits per heavy atom. The summed E-state index contributed by atoms with van der Waals surface area (Å²) < 4.78 is 0. The molecule has 1 unspecified atom stereocenters. The molecule has 170 valence electrons. The van der Waals surface area contributed by atoms with Crippen LogP contribution in [0.4, 0.5) is 5.69 Å². The molecule has 0 bridgehead atoms. The van der Waals surface area contributed by atoms with Gasteiger partial charge in [-0.3, -0.25) is 0 Å². The Morgan fingerprint density at radius 2 is 1.15 bits per heavy atom. The van der Waals surface area contributed by atoms with Crippen LogP contribution in [-0.2, 0) is 4.79 Å². The second kappa shape index (κ2) is 10.0. The fourth-order valence-corrected chi connectivity index (χ4v) is 10.1. The number of nitrogens with zero attached hydrogens (tertiary/aromatic N) is 1. The van der Waals surface area contributed by atoms with Crippen molar-refractivity contribution in [2.45, 2.75) is 26.4 Å². The first-order chi connectivity index (χ1) is 16.5. The van der Waals surface area contributed by atoms with Crippen molar-refractivity contribution in [2.75, 3.05) is 5.32 Å². The van der Waals surface area contributed by atoms with Crippen LogP contribution < -0.4 is 21.2 Å². The Bertz CT molecular complexity index is 1210. The van der Waals surface area contributed by atoms with Crippen LogP contribution in [0.2, 0.25) is 0 Å². The third-order valence-electron chi connectivity index (χ3n) is 6.64. The molecular formula is C30H29N2OP. The van der Waals surface area contributed by atoms with Gasteiger partial charge in [-0.2, -0.15) is 0 Å². The summed E-state index contributed by atoms with van der Waals surface area (Å²) in [4.78, 5) is 14.0. The van der Waals surface area contributed by atoms with E-state index in [2.05, 4.69) is 91.1 Å². The van der Waals surface area contributed by atoms with E-state index in [4.69, 9.17) is 0 Å². The number of rotatable bonds is 6. The molecule has 34 heavy (non-hydrogen) atoms. The molecule has 4 rings (SSSR count). The average Bonchev–Trinajstić information content (AvgIpc) is 2.88. The molecule has 4 aromatic carbocycles. The predicted molar refractivity (Wildman–Crippen MR) is 145 cm³/mol. The molecule has 0 radical (unpaired) electrons. The number of nitrogens with one attached hydrogen (secondary N) is 1.